The first-order valence-electron chi connectivity index (χ1n) is 9.55. The van der Waals surface area contributed by atoms with Crippen LogP contribution in [0.25, 0.3) is 0 Å². The number of nitrogens with zero attached hydrogens (tertiary/aromatic N) is 4. The van der Waals surface area contributed by atoms with Gasteiger partial charge < -0.3 is 15.1 Å². The fourth-order valence-electron chi connectivity index (χ4n) is 3.85. The second-order valence-corrected chi connectivity index (χ2v) is 8.78. The SMILES string of the molecule is CN=C(NCCCN1CCCC1C(=O)N(C)C)N1CC(C)(C)C1(C)C. The van der Waals surface area contributed by atoms with E-state index in [1.54, 1.807) is 4.90 Å². The second-order valence-electron chi connectivity index (χ2n) is 8.78. The third-order valence-corrected chi connectivity index (χ3v) is 6.35. The van der Waals surface area contributed by atoms with Gasteiger partial charge in [0.2, 0.25) is 5.91 Å². The molecule has 0 bridgehead atoms. The molecule has 6 nitrogen and oxygen atoms in total. The molecule has 2 heterocycles. The van der Waals surface area contributed by atoms with Crippen molar-refractivity contribution in [3.63, 3.8) is 0 Å². The number of amides is 1. The van der Waals surface area contributed by atoms with Gasteiger partial charge in [0.05, 0.1) is 6.04 Å². The highest BCUT2D eigenvalue weighted by Gasteiger charge is 2.53. The van der Waals surface area contributed by atoms with E-state index < -0.39 is 0 Å². The molecule has 2 saturated heterocycles. The van der Waals surface area contributed by atoms with Crippen LogP contribution >= 0.6 is 0 Å². The van der Waals surface area contributed by atoms with Crippen LogP contribution in [0.4, 0.5) is 0 Å². The quantitative estimate of drug-likeness (QED) is 0.465. The summed E-state index contributed by atoms with van der Waals surface area (Å²) in [5.41, 5.74) is 0.424. The lowest BCUT2D eigenvalue weighted by molar-refractivity contribution is -0.133. The minimum absolute atomic E-state index is 0.0735. The number of likely N-dealkylation sites (tertiary alicyclic amines) is 2. The first kappa shape index (κ1) is 20.0. The Morgan fingerprint density at radius 3 is 2.48 bits per heavy atom. The number of rotatable bonds is 5. The molecule has 6 heteroatoms. The van der Waals surface area contributed by atoms with E-state index in [0.717, 1.165) is 51.4 Å². The molecule has 0 aromatic carbocycles. The molecule has 1 atom stereocenters. The molecule has 0 spiro atoms. The number of nitrogens with one attached hydrogen (secondary N) is 1. The smallest absolute Gasteiger partial charge is 0.239 e. The lowest BCUT2D eigenvalue weighted by Crippen LogP contribution is -2.72. The zero-order chi connectivity index (χ0) is 18.8. The molecule has 0 aromatic heterocycles. The minimum Gasteiger partial charge on any atom is -0.356 e. The standard InChI is InChI=1S/C19H37N5O/c1-18(2)14-24(19(18,3)4)17(20-5)21-11-9-13-23-12-8-10-15(23)16(25)22(6)7/h15H,8-14H2,1-7H3,(H,20,21). The molecule has 0 aliphatic carbocycles. The molecule has 1 amide bonds. The zero-order valence-electron chi connectivity index (χ0n) is 17.2. The van der Waals surface area contributed by atoms with Crippen molar-refractivity contribution >= 4 is 11.9 Å². The van der Waals surface area contributed by atoms with Gasteiger partial charge in [-0.2, -0.15) is 0 Å². The van der Waals surface area contributed by atoms with Gasteiger partial charge in [0.15, 0.2) is 5.96 Å². The van der Waals surface area contributed by atoms with Crippen LogP contribution in [0.2, 0.25) is 0 Å². The topological polar surface area (TPSA) is 51.2 Å². The number of likely N-dealkylation sites (N-methyl/N-ethyl adjacent to an activating group) is 1. The summed E-state index contributed by atoms with van der Waals surface area (Å²) in [5, 5.41) is 3.51. The van der Waals surface area contributed by atoms with Crippen LogP contribution in [0.3, 0.4) is 0 Å². The molecule has 2 aliphatic rings. The van der Waals surface area contributed by atoms with Crippen molar-refractivity contribution in [3.05, 3.63) is 0 Å². The highest BCUT2D eigenvalue weighted by Crippen LogP contribution is 2.46. The number of carbonyl (C=O) groups excluding carboxylic acids is 1. The summed E-state index contributed by atoms with van der Waals surface area (Å²) in [6.45, 7) is 13.1. The van der Waals surface area contributed by atoms with Crippen molar-refractivity contribution in [1.29, 1.82) is 0 Å². The van der Waals surface area contributed by atoms with Crippen LogP contribution in [0.15, 0.2) is 4.99 Å². The van der Waals surface area contributed by atoms with Crippen LogP contribution in [0.1, 0.15) is 47.0 Å². The van der Waals surface area contributed by atoms with Gasteiger partial charge in [0, 0.05) is 51.7 Å². The van der Waals surface area contributed by atoms with Crippen molar-refractivity contribution in [2.75, 3.05) is 47.3 Å². The molecule has 1 unspecified atom stereocenters. The fourth-order valence-corrected chi connectivity index (χ4v) is 3.85. The van der Waals surface area contributed by atoms with Crippen molar-refractivity contribution in [2.45, 2.75) is 58.5 Å². The van der Waals surface area contributed by atoms with Crippen LogP contribution in [-0.2, 0) is 4.79 Å². The Labute approximate surface area is 153 Å². The van der Waals surface area contributed by atoms with Crippen LogP contribution in [0.5, 0.6) is 0 Å². The number of hydrogen-bond donors (Lipinski definition) is 1. The maximum Gasteiger partial charge on any atom is 0.239 e. The Balaban J connectivity index is 1.78. The van der Waals surface area contributed by atoms with E-state index in [1.807, 2.05) is 21.1 Å². The molecule has 2 rings (SSSR count). The summed E-state index contributed by atoms with van der Waals surface area (Å²) < 4.78 is 0. The maximum absolute atomic E-state index is 12.3. The molecule has 0 aromatic rings. The summed E-state index contributed by atoms with van der Waals surface area (Å²) in [7, 11) is 5.55. The molecule has 0 radical (unpaired) electrons. The number of aliphatic imine (C=N–C) groups is 1. The lowest BCUT2D eigenvalue weighted by atomic mass is 9.65. The summed E-state index contributed by atoms with van der Waals surface area (Å²) in [5.74, 6) is 1.23. The van der Waals surface area contributed by atoms with Crippen molar-refractivity contribution in [1.82, 2.24) is 20.0 Å². The van der Waals surface area contributed by atoms with Crippen molar-refractivity contribution in [2.24, 2.45) is 10.4 Å². The zero-order valence-corrected chi connectivity index (χ0v) is 17.2. The van der Waals surface area contributed by atoms with Gasteiger partial charge in [-0.05, 0) is 39.7 Å². The van der Waals surface area contributed by atoms with E-state index >= 15 is 0 Å². The fraction of sp³-hybridized carbons (Fsp3) is 0.895. The lowest BCUT2D eigenvalue weighted by Gasteiger charge is -2.62. The second kappa shape index (κ2) is 7.52. The molecule has 2 aliphatic heterocycles. The van der Waals surface area contributed by atoms with E-state index in [0.29, 0.717) is 5.41 Å². The Morgan fingerprint density at radius 1 is 1.28 bits per heavy atom. The van der Waals surface area contributed by atoms with Gasteiger partial charge in [-0.3, -0.25) is 14.7 Å². The minimum atomic E-state index is 0.0735. The number of hydrogen-bond acceptors (Lipinski definition) is 3. The molecule has 2 fully saturated rings. The molecular weight excluding hydrogens is 314 g/mol. The molecular formula is C19H37N5O. The van der Waals surface area contributed by atoms with Crippen molar-refractivity contribution in [3.8, 4) is 0 Å². The average Bonchev–Trinajstić information content (AvgIpc) is 3.00. The highest BCUT2D eigenvalue weighted by atomic mass is 16.2. The van der Waals surface area contributed by atoms with Gasteiger partial charge in [0.25, 0.3) is 0 Å². The van der Waals surface area contributed by atoms with Gasteiger partial charge in [-0.1, -0.05) is 13.8 Å². The molecule has 25 heavy (non-hydrogen) atoms. The van der Waals surface area contributed by atoms with Gasteiger partial charge in [-0.15, -0.1) is 0 Å². The summed E-state index contributed by atoms with van der Waals surface area (Å²) in [6.07, 6.45) is 3.13. The number of guanidine groups is 1. The van der Waals surface area contributed by atoms with Crippen LogP contribution < -0.4 is 5.32 Å². The summed E-state index contributed by atoms with van der Waals surface area (Å²) in [6, 6.07) is 0.0735. The number of carbonyl (C=O) groups is 1. The molecule has 1 N–H and O–H groups in total. The molecule has 144 valence electrons. The summed E-state index contributed by atoms with van der Waals surface area (Å²) >= 11 is 0. The third-order valence-electron chi connectivity index (χ3n) is 6.35. The first-order valence-corrected chi connectivity index (χ1v) is 9.55. The van der Waals surface area contributed by atoms with E-state index in [-0.39, 0.29) is 17.5 Å². The van der Waals surface area contributed by atoms with E-state index in [2.05, 4.69) is 47.8 Å². The van der Waals surface area contributed by atoms with Gasteiger partial charge in [0.1, 0.15) is 0 Å². The van der Waals surface area contributed by atoms with Gasteiger partial charge >= 0.3 is 0 Å². The van der Waals surface area contributed by atoms with E-state index in [4.69, 9.17) is 0 Å². The maximum atomic E-state index is 12.3. The summed E-state index contributed by atoms with van der Waals surface area (Å²) in [4.78, 5) is 23.1. The Kier molecular flexibility index (Phi) is 6.02. The highest BCUT2D eigenvalue weighted by molar-refractivity contribution is 5.82. The Bertz CT molecular complexity index is 512. The monoisotopic (exact) mass is 351 g/mol. The predicted octanol–water partition coefficient (Wildman–Crippen LogP) is 1.62. The van der Waals surface area contributed by atoms with E-state index in [1.165, 1.54) is 0 Å². The third kappa shape index (κ3) is 3.94. The Hall–Kier alpha value is -1.30. The molecule has 0 saturated carbocycles. The average molecular weight is 352 g/mol. The van der Waals surface area contributed by atoms with E-state index in [9.17, 15) is 4.79 Å². The van der Waals surface area contributed by atoms with Crippen LogP contribution in [-0.4, -0.2) is 85.5 Å². The first-order chi connectivity index (χ1) is 11.6. The van der Waals surface area contributed by atoms with Crippen LogP contribution in [0, 0.1) is 5.41 Å². The normalized spacial score (nSPS) is 25.6. The Morgan fingerprint density at radius 2 is 1.96 bits per heavy atom. The predicted molar refractivity (Wildman–Crippen MR) is 104 cm³/mol. The van der Waals surface area contributed by atoms with Crippen molar-refractivity contribution < 1.29 is 4.79 Å². The van der Waals surface area contributed by atoms with Gasteiger partial charge in [-0.25, -0.2) is 0 Å². The largest absolute Gasteiger partial charge is 0.356 e.